The van der Waals surface area contributed by atoms with Crippen LogP contribution in [-0.2, 0) is 14.4 Å². The Labute approximate surface area is 104 Å². The number of aliphatic carboxylic acids is 1. The maximum Gasteiger partial charge on any atom is 0.313 e. The second-order valence-corrected chi connectivity index (χ2v) is 4.71. The van der Waals surface area contributed by atoms with Crippen molar-refractivity contribution >= 4 is 29.5 Å². The summed E-state index contributed by atoms with van der Waals surface area (Å²) < 4.78 is 0. The Morgan fingerprint density at radius 3 is 2.76 bits per heavy atom. The van der Waals surface area contributed by atoms with Gasteiger partial charge in [0.15, 0.2) is 0 Å². The van der Waals surface area contributed by atoms with Gasteiger partial charge in [-0.2, -0.15) is 0 Å². The van der Waals surface area contributed by atoms with Gasteiger partial charge in [-0.15, -0.1) is 11.8 Å². The van der Waals surface area contributed by atoms with E-state index in [1.165, 1.54) is 0 Å². The fraction of sp³-hybridized carbons (Fsp3) is 0.700. The van der Waals surface area contributed by atoms with Gasteiger partial charge >= 0.3 is 5.97 Å². The average molecular weight is 260 g/mol. The number of likely N-dealkylation sites (tertiary alicyclic amines) is 1. The van der Waals surface area contributed by atoms with E-state index in [1.807, 2.05) is 0 Å². The first-order valence-electron chi connectivity index (χ1n) is 5.43. The van der Waals surface area contributed by atoms with E-state index < -0.39 is 5.97 Å². The average Bonchev–Trinajstić information content (AvgIpc) is 2.64. The molecule has 0 aromatic carbocycles. The van der Waals surface area contributed by atoms with Crippen LogP contribution in [0.15, 0.2) is 0 Å². The minimum absolute atomic E-state index is 0.0714. The molecule has 0 aromatic rings. The van der Waals surface area contributed by atoms with Gasteiger partial charge < -0.3 is 15.3 Å². The maximum absolute atomic E-state index is 11.3. The summed E-state index contributed by atoms with van der Waals surface area (Å²) in [6.45, 7) is 1.73. The number of rotatable bonds is 7. The molecule has 0 radical (unpaired) electrons. The van der Waals surface area contributed by atoms with E-state index >= 15 is 0 Å². The van der Waals surface area contributed by atoms with E-state index in [0.29, 0.717) is 19.5 Å². The number of nitrogens with one attached hydrogen (secondary N) is 1. The van der Waals surface area contributed by atoms with Crippen LogP contribution in [-0.4, -0.2) is 58.9 Å². The fourth-order valence-electron chi connectivity index (χ4n) is 1.55. The summed E-state index contributed by atoms with van der Waals surface area (Å²) in [4.78, 5) is 34.4. The van der Waals surface area contributed by atoms with Crippen LogP contribution in [0.1, 0.15) is 12.8 Å². The van der Waals surface area contributed by atoms with Crippen LogP contribution in [0, 0.1) is 0 Å². The topological polar surface area (TPSA) is 86.7 Å². The lowest BCUT2D eigenvalue weighted by Crippen LogP contribution is -2.36. The van der Waals surface area contributed by atoms with Crippen molar-refractivity contribution in [1.29, 1.82) is 0 Å². The minimum Gasteiger partial charge on any atom is -0.481 e. The second-order valence-electron chi connectivity index (χ2n) is 3.72. The predicted molar refractivity (Wildman–Crippen MR) is 63.8 cm³/mol. The van der Waals surface area contributed by atoms with Crippen LogP contribution in [0.25, 0.3) is 0 Å². The van der Waals surface area contributed by atoms with Crippen molar-refractivity contribution in [2.45, 2.75) is 12.8 Å². The normalized spacial score (nSPS) is 15.1. The number of carboxylic acid groups (broad SMARTS) is 1. The molecule has 1 aliphatic rings. The lowest BCUT2D eigenvalue weighted by molar-refractivity contribution is -0.134. The lowest BCUT2D eigenvalue weighted by Gasteiger charge is -2.15. The molecule has 0 aliphatic carbocycles. The smallest absolute Gasteiger partial charge is 0.313 e. The van der Waals surface area contributed by atoms with E-state index in [1.54, 1.807) is 4.90 Å². The molecule has 0 bridgehead atoms. The molecule has 1 aliphatic heterocycles. The number of hydrogen-bond donors (Lipinski definition) is 2. The van der Waals surface area contributed by atoms with Crippen molar-refractivity contribution in [2.75, 3.05) is 31.1 Å². The van der Waals surface area contributed by atoms with Gasteiger partial charge in [0.2, 0.25) is 11.8 Å². The SMILES string of the molecule is O=C(O)CSCC(=O)NCCN1CCCC1=O. The van der Waals surface area contributed by atoms with Crippen molar-refractivity contribution in [2.24, 2.45) is 0 Å². The van der Waals surface area contributed by atoms with Gasteiger partial charge in [0.1, 0.15) is 0 Å². The Kier molecular flexibility index (Phi) is 5.82. The molecule has 96 valence electrons. The third kappa shape index (κ3) is 5.58. The molecular formula is C10H16N2O4S. The number of carboxylic acids is 1. The summed E-state index contributed by atoms with van der Waals surface area (Å²) in [5.74, 6) is -0.911. The number of thioether (sulfide) groups is 1. The third-order valence-electron chi connectivity index (χ3n) is 2.33. The second kappa shape index (κ2) is 7.16. The molecular weight excluding hydrogens is 244 g/mol. The number of carbonyl (C=O) groups is 3. The molecule has 2 amide bonds. The van der Waals surface area contributed by atoms with E-state index in [2.05, 4.69) is 5.32 Å². The summed E-state index contributed by atoms with van der Waals surface area (Å²) in [6.07, 6.45) is 1.49. The van der Waals surface area contributed by atoms with Crippen molar-refractivity contribution in [1.82, 2.24) is 10.2 Å². The summed E-state index contributed by atoms with van der Waals surface area (Å²) in [6, 6.07) is 0. The maximum atomic E-state index is 11.3. The highest BCUT2D eigenvalue weighted by molar-refractivity contribution is 8.00. The van der Waals surface area contributed by atoms with E-state index in [4.69, 9.17) is 5.11 Å². The number of amides is 2. The zero-order valence-electron chi connectivity index (χ0n) is 9.48. The number of hydrogen-bond acceptors (Lipinski definition) is 4. The quantitative estimate of drug-likeness (QED) is 0.647. The highest BCUT2D eigenvalue weighted by Gasteiger charge is 2.19. The molecule has 0 aromatic heterocycles. The van der Waals surface area contributed by atoms with Crippen LogP contribution in [0.3, 0.4) is 0 Å². The van der Waals surface area contributed by atoms with Crippen LogP contribution in [0.5, 0.6) is 0 Å². The van der Waals surface area contributed by atoms with Crippen LogP contribution in [0.4, 0.5) is 0 Å². The lowest BCUT2D eigenvalue weighted by atomic mass is 10.4. The van der Waals surface area contributed by atoms with Crippen LogP contribution >= 0.6 is 11.8 Å². The van der Waals surface area contributed by atoms with E-state index in [0.717, 1.165) is 24.7 Å². The Balaban J connectivity index is 2.03. The molecule has 1 heterocycles. The number of carbonyl (C=O) groups excluding carboxylic acids is 2. The molecule has 6 nitrogen and oxygen atoms in total. The van der Waals surface area contributed by atoms with E-state index in [-0.39, 0.29) is 23.3 Å². The molecule has 17 heavy (non-hydrogen) atoms. The van der Waals surface area contributed by atoms with Crippen LogP contribution < -0.4 is 5.32 Å². The largest absolute Gasteiger partial charge is 0.481 e. The van der Waals surface area contributed by atoms with Gasteiger partial charge in [-0.05, 0) is 6.42 Å². The van der Waals surface area contributed by atoms with Crippen molar-refractivity contribution in [3.63, 3.8) is 0 Å². The van der Waals surface area contributed by atoms with Gasteiger partial charge in [-0.25, -0.2) is 0 Å². The summed E-state index contributed by atoms with van der Waals surface area (Å²) in [7, 11) is 0. The van der Waals surface area contributed by atoms with Gasteiger partial charge in [-0.1, -0.05) is 0 Å². The van der Waals surface area contributed by atoms with Gasteiger partial charge in [-0.3, -0.25) is 14.4 Å². The predicted octanol–water partition coefficient (Wildman–Crippen LogP) is -0.457. The first kappa shape index (κ1) is 13.8. The zero-order chi connectivity index (χ0) is 12.7. The highest BCUT2D eigenvalue weighted by Crippen LogP contribution is 2.07. The first-order valence-corrected chi connectivity index (χ1v) is 6.59. The van der Waals surface area contributed by atoms with Crippen molar-refractivity contribution in [3.8, 4) is 0 Å². The van der Waals surface area contributed by atoms with Crippen molar-refractivity contribution < 1.29 is 19.5 Å². The molecule has 0 spiro atoms. The Morgan fingerprint density at radius 1 is 1.41 bits per heavy atom. The molecule has 0 atom stereocenters. The molecule has 7 heteroatoms. The Bertz CT molecular complexity index is 309. The third-order valence-corrected chi connectivity index (χ3v) is 3.25. The molecule has 1 saturated heterocycles. The van der Waals surface area contributed by atoms with Gasteiger partial charge in [0.25, 0.3) is 0 Å². The number of nitrogens with zero attached hydrogens (tertiary/aromatic N) is 1. The monoisotopic (exact) mass is 260 g/mol. The highest BCUT2D eigenvalue weighted by atomic mass is 32.2. The van der Waals surface area contributed by atoms with Gasteiger partial charge in [0, 0.05) is 26.1 Å². The molecule has 2 N–H and O–H groups in total. The molecule has 1 rings (SSSR count). The fourth-order valence-corrected chi connectivity index (χ4v) is 2.12. The van der Waals surface area contributed by atoms with E-state index in [9.17, 15) is 14.4 Å². The summed E-state index contributed by atoms with van der Waals surface area (Å²) >= 11 is 1.06. The molecule has 0 saturated carbocycles. The van der Waals surface area contributed by atoms with Crippen LogP contribution in [0.2, 0.25) is 0 Å². The Morgan fingerprint density at radius 2 is 2.18 bits per heavy atom. The Hall–Kier alpha value is -1.24. The minimum atomic E-state index is -0.925. The summed E-state index contributed by atoms with van der Waals surface area (Å²) in [5.41, 5.74) is 0. The van der Waals surface area contributed by atoms with Gasteiger partial charge in [0.05, 0.1) is 11.5 Å². The zero-order valence-corrected chi connectivity index (χ0v) is 10.3. The molecule has 1 fully saturated rings. The van der Waals surface area contributed by atoms with Crippen molar-refractivity contribution in [3.05, 3.63) is 0 Å². The summed E-state index contributed by atoms with van der Waals surface area (Å²) in [5, 5.41) is 11.0. The molecule has 0 unspecified atom stereocenters. The first-order chi connectivity index (χ1) is 8.09. The standard InChI is InChI=1S/C10H16N2O4S/c13-8(6-17-7-10(15)16)11-3-5-12-4-1-2-9(12)14/h1-7H2,(H,11,13)(H,15,16).